The Kier molecular flexibility index (Phi) is 9.54. The van der Waals surface area contributed by atoms with Crippen LogP contribution in [0.25, 0.3) is 102 Å². The van der Waals surface area contributed by atoms with Crippen LogP contribution in [0.1, 0.15) is 43.2 Å². The van der Waals surface area contributed by atoms with Gasteiger partial charge in [-0.25, -0.2) is 29.9 Å². The molecule has 70 heavy (non-hydrogen) atoms. The molecule has 334 valence electrons. The molecule has 4 bridgehead atoms. The maximum absolute atomic E-state index is 5.13. The lowest BCUT2D eigenvalue weighted by molar-refractivity contribution is -0.0399. The smallest absolute Gasteiger partial charge is 0.182 e. The number of hydrogen-bond donors (Lipinski definition) is 0. The zero-order valence-corrected chi connectivity index (χ0v) is 38.4. The van der Waals surface area contributed by atoms with E-state index >= 15 is 0 Å². The molecule has 4 heterocycles. The van der Waals surface area contributed by atoms with Gasteiger partial charge in [-0.15, -0.1) is 0 Å². The number of rotatable bonds is 8. The van der Waals surface area contributed by atoms with E-state index in [1.165, 1.54) is 59.9 Å². The lowest BCUT2D eigenvalue weighted by Crippen LogP contribution is -2.55. The van der Waals surface area contributed by atoms with Crippen LogP contribution in [-0.4, -0.2) is 39.9 Å². The van der Waals surface area contributed by atoms with Gasteiger partial charge < -0.3 is 0 Å². The number of pyridine rings is 2. The van der Waals surface area contributed by atoms with E-state index in [9.17, 15) is 0 Å². The second-order valence-electron chi connectivity index (χ2n) is 19.6. The van der Waals surface area contributed by atoms with Crippen molar-refractivity contribution in [1.82, 2.24) is 39.9 Å². The van der Waals surface area contributed by atoms with Crippen LogP contribution in [0.2, 0.25) is 0 Å². The summed E-state index contributed by atoms with van der Waals surface area (Å²) in [4.78, 5) is 39.8. The second-order valence-corrected chi connectivity index (χ2v) is 19.6. The number of fused-ring (bicyclic) bond motifs is 3. The molecule has 0 N–H and O–H groups in total. The Balaban J connectivity index is 0.820. The van der Waals surface area contributed by atoms with E-state index in [2.05, 4.69) is 60.7 Å². The summed E-state index contributed by atoms with van der Waals surface area (Å²) in [6.45, 7) is 0. The Hall–Kier alpha value is -8.36. The van der Waals surface area contributed by atoms with Crippen molar-refractivity contribution in [2.45, 2.75) is 37.5 Å². The van der Waals surface area contributed by atoms with Crippen molar-refractivity contribution >= 4 is 0 Å². The van der Waals surface area contributed by atoms with E-state index in [-0.39, 0.29) is 5.41 Å². The molecule has 0 amide bonds. The SMILES string of the molecule is c1ccc(-c2nc(-c3ccccc3)nc(-c3ccc(-c4ccc5c(c4)C4(c6cc(-c7ccc(-c8nc(-c9ccccc9)nc(-c9ccccc9)n8)nc7)ccc6-5)C5CC6CC(C5)CC4C6)nc3)n2)cc1. The van der Waals surface area contributed by atoms with Crippen LogP contribution in [0.4, 0.5) is 0 Å². The first-order valence-corrected chi connectivity index (χ1v) is 24.6. The van der Waals surface area contributed by atoms with Crippen LogP contribution in [0.3, 0.4) is 0 Å². The van der Waals surface area contributed by atoms with Crippen molar-refractivity contribution in [3.05, 3.63) is 206 Å². The first-order chi connectivity index (χ1) is 34.6. The fraction of sp³-hybridized carbons (Fsp3) is 0.161. The summed E-state index contributed by atoms with van der Waals surface area (Å²) >= 11 is 0. The largest absolute Gasteiger partial charge is 0.255 e. The monoisotopic (exact) mass is 902 g/mol. The molecule has 0 atom stereocenters. The minimum atomic E-state index is -0.0451. The first kappa shape index (κ1) is 40.7. The third kappa shape index (κ3) is 6.80. The van der Waals surface area contributed by atoms with E-state index in [1.807, 2.05) is 134 Å². The Morgan fingerprint density at radius 2 is 0.671 bits per heavy atom. The normalized spacial score (nSPS) is 20.3. The molecule has 0 aliphatic heterocycles. The van der Waals surface area contributed by atoms with Gasteiger partial charge in [-0.1, -0.05) is 152 Å². The highest BCUT2D eigenvalue weighted by molar-refractivity contribution is 5.87. The van der Waals surface area contributed by atoms with Crippen molar-refractivity contribution in [2.75, 3.05) is 0 Å². The second kappa shape index (κ2) is 16.4. The van der Waals surface area contributed by atoms with Crippen molar-refractivity contribution in [3.63, 3.8) is 0 Å². The predicted octanol–water partition coefficient (Wildman–Crippen LogP) is 13.9. The van der Waals surface area contributed by atoms with Crippen LogP contribution < -0.4 is 0 Å². The molecule has 8 nitrogen and oxygen atoms in total. The van der Waals surface area contributed by atoms with Gasteiger partial charge in [-0.2, -0.15) is 0 Å². The van der Waals surface area contributed by atoms with Gasteiger partial charge >= 0.3 is 0 Å². The van der Waals surface area contributed by atoms with E-state index < -0.39 is 0 Å². The van der Waals surface area contributed by atoms with Crippen molar-refractivity contribution in [1.29, 1.82) is 0 Å². The highest BCUT2D eigenvalue weighted by atomic mass is 15.1. The fourth-order valence-electron chi connectivity index (χ4n) is 12.8. The summed E-state index contributed by atoms with van der Waals surface area (Å²) in [5, 5.41) is 0. The highest BCUT2D eigenvalue weighted by Crippen LogP contribution is 2.69. The Morgan fingerprint density at radius 1 is 0.300 bits per heavy atom. The van der Waals surface area contributed by atoms with Gasteiger partial charge in [-0.3, -0.25) is 9.97 Å². The summed E-state index contributed by atoms with van der Waals surface area (Å²) in [6, 6.07) is 63.2. The lowest BCUT2D eigenvalue weighted by Gasteiger charge is -2.61. The zero-order chi connectivity index (χ0) is 46.2. The molecule has 4 aromatic heterocycles. The molecule has 0 saturated heterocycles. The summed E-state index contributed by atoms with van der Waals surface area (Å²) in [5.74, 6) is 6.55. The summed E-state index contributed by atoms with van der Waals surface area (Å²) in [5.41, 5.74) is 15.3. The fourth-order valence-corrected chi connectivity index (χ4v) is 12.8. The molecule has 0 unspecified atom stereocenters. The molecule has 5 aliphatic carbocycles. The van der Waals surface area contributed by atoms with Crippen LogP contribution in [0.15, 0.2) is 194 Å². The van der Waals surface area contributed by atoms with Crippen molar-refractivity contribution < 1.29 is 0 Å². The van der Waals surface area contributed by atoms with Crippen LogP contribution >= 0.6 is 0 Å². The average Bonchev–Trinajstić information content (AvgIpc) is 3.72. The third-order valence-corrected chi connectivity index (χ3v) is 15.7. The number of hydrogen-bond acceptors (Lipinski definition) is 8. The maximum atomic E-state index is 5.13. The molecule has 8 heteroatoms. The summed E-state index contributed by atoms with van der Waals surface area (Å²) in [6.07, 6.45) is 10.5. The van der Waals surface area contributed by atoms with Gasteiger partial charge in [0.15, 0.2) is 34.9 Å². The molecular weight excluding hydrogens is 857 g/mol. The van der Waals surface area contributed by atoms with E-state index in [4.69, 9.17) is 39.9 Å². The van der Waals surface area contributed by atoms with Crippen molar-refractivity contribution in [3.8, 4) is 102 Å². The number of nitrogens with zero attached hydrogens (tertiary/aromatic N) is 8. The molecule has 15 rings (SSSR count). The van der Waals surface area contributed by atoms with Gasteiger partial charge in [0.1, 0.15) is 5.69 Å². The molecule has 5 aliphatic rings. The minimum Gasteiger partial charge on any atom is -0.255 e. The van der Waals surface area contributed by atoms with Crippen LogP contribution in [-0.2, 0) is 5.41 Å². The topological polar surface area (TPSA) is 103 Å². The third-order valence-electron chi connectivity index (χ3n) is 15.7. The van der Waals surface area contributed by atoms with E-state index in [0.29, 0.717) is 52.5 Å². The van der Waals surface area contributed by atoms with Gasteiger partial charge in [0, 0.05) is 56.8 Å². The summed E-state index contributed by atoms with van der Waals surface area (Å²) in [7, 11) is 0. The Bertz CT molecular complexity index is 3220. The number of aromatic nitrogens is 8. The van der Waals surface area contributed by atoms with E-state index in [0.717, 1.165) is 56.5 Å². The highest BCUT2D eigenvalue weighted by Gasteiger charge is 2.61. The van der Waals surface area contributed by atoms with Gasteiger partial charge in [-0.05, 0) is 114 Å². The van der Waals surface area contributed by atoms with Crippen LogP contribution in [0.5, 0.6) is 0 Å². The standard InChI is InChI=1S/C62H46N8/c1-5-13-40(14-6-1)56-65-57(41-15-7-2-8-16-41)68-60(67-56)47-24-27-54(63-37-47)45-22-26-51-50-25-21-44(34-52(50)62(53(51)35-45)48-30-38-29-39(32-48)33-49(62)31-38)46-23-28-55(64-36-46)61-69-58(42-17-9-3-10-18-42)66-59(70-61)43-19-11-4-12-20-43/h1-28,34-39,48-49H,29-33H2. The number of benzene rings is 6. The van der Waals surface area contributed by atoms with Crippen LogP contribution in [0, 0.1) is 23.7 Å². The Labute approximate surface area is 406 Å². The molecular formula is C62H46N8. The van der Waals surface area contributed by atoms with Gasteiger partial charge in [0.2, 0.25) is 0 Å². The quantitative estimate of drug-likeness (QED) is 0.149. The average molecular weight is 903 g/mol. The zero-order valence-electron chi connectivity index (χ0n) is 38.4. The molecule has 10 aromatic rings. The Morgan fingerprint density at radius 3 is 1.11 bits per heavy atom. The lowest BCUT2D eigenvalue weighted by atomic mass is 9.43. The summed E-state index contributed by atoms with van der Waals surface area (Å²) < 4.78 is 0. The minimum absolute atomic E-state index is 0.0451. The predicted molar refractivity (Wildman–Crippen MR) is 276 cm³/mol. The van der Waals surface area contributed by atoms with Gasteiger partial charge in [0.05, 0.1) is 5.69 Å². The first-order valence-electron chi connectivity index (χ1n) is 24.6. The van der Waals surface area contributed by atoms with E-state index in [1.54, 1.807) is 0 Å². The van der Waals surface area contributed by atoms with Crippen molar-refractivity contribution in [2.24, 2.45) is 23.7 Å². The van der Waals surface area contributed by atoms with Gasteiger partial charge in [0.25, 0.3) is 0 Å². The molecule has 1 spiro atoms. The maximum Gasteiger partial charge on any atom is 0.182 e. The molecule has 6 aromatic carbocycles. The molecule has 0 radical (unpaired) electrons. The molecule has 4 fully saturated rings. The molecule has 4 saturated carbocycles.